The van der Waals surface area contributed by atoms with Gasteiger partial charge in [0, 0.05) is 25.0 Å². The molecule has 0 aromatic carbocycles. The third-order valence-corrected chi connectivity index (χ3v) is 3.34. The summed E-state index contributed by atoms with van der Waals surface area (Å²) in [7, 11) is 0. The van der Waals surface area contributed by atoms with Gasteiger partial charge < -0.3 is 9.88 Å². The molecule has 0 bridgehead atoms. The van der Waals surface area contributed by atoms with Crippen LogP contribution in [-0.2, 0) is 6.54 Å². The van der Waals surface area contributed by atoms with Gasteiger partial charge in [-0.1, -0.05) is 6.92 Å². The smallest absolute Gasteiger partial charge is 0.258 e. The van der Waals surface area contributed by atoms with E-state index < -0.39 is 0 Å². The summed E-state index contributed by atoms with van der Waals surface area (Å²) in [5.41, 5.74) is 0.951. The Morgan fingerprint density at radius 2 is 2.20 bits per heavy atom. The molecule has 0 aliphatic carbocycles. The first-order valence-corrected chi connectivity index (χ1v) is 7.03. The Bertz CT molecular complexity index is 682. The van der Waals surface area contributed by atoms with Gasteiger partial charge in [-0.2, -0.15) is 0 Å². The fourth-order valence-electron chi connectivity index (χ4n) is 1.77. The molecule has 5 nitrogen and oxygen atoms in total. The molecule has 6 heteroatoms. The second-order valence-corrected chi connectivity index (χ2v) is 5.00. The van der Waals surface area contributed by atoms with Gasteiger partial charge in [0.1, 0.15) is 4.60 Å². The topological polar surface area (TPSA) is 64.0 Å². The molecule has 1 amide bonds. The summed E-state index contributed by atoms with van der Waals surface area (Å²) in [6, 6.07) is 6.41. The van der Waals surface area contributed by atoms with Crippen molar-refractivity contribution in [3.8, 4) is 0 Å². The van der Waals surface area contributed by atoms with Crippen molar-refractivity contribution in [2.24, 2.45) is 0 Å². The highest BCUT2D eigenvalue weighted by molar-refractivity contribution is 9.10. The van der Waals surface area contributed by atoms with Crippen LogP contribution in [0.2, 0.25) is 0 Å². The molecule has 0 aliphatic heterocycles. The number of amides is 1. The van der Waals surface area contributed by atoms with Gasteiger partial charge in [-0.05, 0) is 40.5 Å². The van der Waals surface area contributed by atoms with Crippen LogP contribution in [0.4, 0.5) is 5.69 Å². The molecule has 0 atom stereocenters. The van der Waals surface area contributed by atoms with E-state index in [1.54, 1.807) is 35.2 Å². The molecule has 0 unspecified atom stereocenters. The quantitative estimate of drug-likeness (QED) is 0.873. The number of pyridine rings is 2. The third kappa shape index (κ3) is 3.33. The Morgan fingerprint density at radius 1 is 1.40 bits per heavy atom. The number of hydrogen-bond acceptors (Lipinski definition) is 3. The highest BCUT2D eigenvalue weighted by atomic mass is 79.9. The third-order valence-electron chi connectivity index (χ3n) is 2.71. The normalized spacial score (nSPS) is 10.3. The van der Waals surface area contributed by atoms with Crippen molar-refractivity contribution in [1.29, 1.82) is 0 Å². The number of halogens is 1. The Morgan fingerprint density at radius 3 is 2.90 bits per heavy atom. The highest BCUT2D eigenvalue weighted by Gasteiger charge is 2.10. The molecule has 2 heterocycles. The minimum atomic E-state index is -0.272. The van der Waals surface area contributed by atoms with E-state index in [1.807, 2.05) is 6.92 Å². The van der Waals surface area contributed by atoms with Crippen molar-refractivity contribution in [2.45, 2.75) is 19.9 Å². The van der Waals surface area contributed by atoms with Crippen molar-refractivity contribution in [2.75, 3.05) is 5.32 Å². The van der Waals surface area contributed by atoms with E-state index in [1.165, 1.54) is 6.07 Å². The summed E-state index contributed by atoms with van der Waals surface area (Å²) < 4.78 is 2.06. The largest absolute Gasteiger partial charge is 0.321 e. The van der Waals surface area contributed by atoms with E-state index in [0.29, 0.717) is 22.4 Å². The van der Waals surface area contributed by atoms with E-state index in [2.05, 4.69) is 26.2 Å². The van der Waals surface area contributed by atoms with Crippen LogP contribution in [0.1, 0.15) is 23.7 Å². The lowest BCUT2D eigenvalue weighted by Crippen LogP contribution is -2.20. The van der Waals surface area contributed by atoms with Crippen LogP contribution in [0, 0.1) is 0 Å². The van der Waals surface area contributed by atoms with Crippen LogP contribution in [0.5, 0.6) is 0 Å². The summed E-state index contributed by atoms with van der Waals surface area (Å²) in [6.07, 6.45) is 4.10. The summed E-state index contributed by atoms with van der Waals surface area (Å²) in [5.74, 6) is -0.272. The molecule has 2 aromatic rings. The van der Waals surface area contributed by atoms with E-state index in [4.69, 9.17) is 0 Å². The van der Waals surface area contributed by atoms with E-state index in [0.717, 1.165) is 6.42 Å². The first kappa shape index (κ1) is 14.5. The van der Waals surface area contributed by atoms with Crippen molar-refractivity contribution in [3.63, 3.8) is 0 Å². The maximum Gasteiger partial charge on any atom is 0.258 e. The molecule has 20 heavy (non-hydrogen) atoms. The number of anilines is 1. The number of carbonyl (C=O) groups is 1. The highest BCUT2D eigenvalue weighted by Crippen LogP contribution is 2.14. The molecule has 0 saturated carbocycles. The average molecular weight is 336 g/mol. The zero-order chi connectivity index (χ0) is 14.5. The monoisotopic (exact) mass is 335 g/mol. The van der Waals surface area contributed by atoms with E-state index >= 15 is 0 Å². The minimum absolute atomic E-state index is 0.0765. The SMILES string of the molecule is CCCn1cc(NC(=O)c2cccnc2Br)ccc1=O. The molecule has 1 N–H and O–H groups in total. The van der Waals surface area contributed by atoms with Gasteiger partial charge in [-0.15, -0.1) is 0 Å². The van der Waals surface area contributed by atoms with Crippen LogP contribution < -0.4 is 10.9 Å². The van der Waals surface area contributed by atoms with Crippen molar-refractivity contribution < 1.29 is 4.79 Å². The molecule has 104 valence electrons. The number of nitrogens with zero attached hydrogens (tertiary/aromatic N) is 2. The fraction of sp³-hybridized carbons (Fsp3) is 0.214. The molecular weight excluding hydrogens is 322 g/mol. The number of aryl methyl sites for hydroxylation is 1. The first-order valence-electron chi connectivity index (χ1n) is 6.24. The predicted molar refractivity (Wildman–Crippen MR) is 80.9 cm³/mol. The van der Waals surface area contributed by atoms with Crippen LogP contribution >= 0.6 is 15.9 Å². The summed E-state index contributed by atoms with van der Waals surface area (Å²) >= 11 is 3.23. The van der Waals surface area contributed by atoms with Gasteiger partial charge in [0.2, 0.25) is 0 Å². The maximum absolute atomic E-state index is 12.1. The Labute approximate surface area is 124 Å². The maximum atomic E-state index is 12.1. The fourth-order valence-corrected chi connectivity index (χ4v) is 2.21. The van der Waals surface area contributed by atoms with Gasteiger partial charge >= 0.3 is 0 Å². The van der Waals surface area contributed by atoms with Gasteiger partial charge in [0.05, 0.1) is 11.3 Å². The van der Waals surface area contributed by atoms with Crippen LogP contribution in [0.15, 0.2) is 46.1 Å². The second kappa shape index (κ2) is 6.47. The number of hydrogen-bond donors (Lipinski definition) is 1. The van der Waals surface area contributed by atoms with Gasteiger partial charge in [0.15, 0.2) is 0 Å². The van der Waals surface area contributed by atoms with Gasteiger partial charge in [-0.3, -0.25) is 9.59 Å². The summed E-state index contributed by atoms with van der Waals surface area (Å²) in [6.45, 7) is 2.61. The van der Waals surface area contributed by atoms with E-state index in [-0.39, 0.29) is 11.5 Å². The Kier molecular flexibility index (Phi) is 4.68. The lowest BCUT2D eigenvalue weighted by Gasteiger charge is -2.09. The lowest BCUT2D eigenvalue weighted by molar-refractivity contribution is 0.102. The number of carbonyl (C=O) groups excluding carboxylic acids is 1. The molecule has 0 aliphatic rings. The molecule has 2 aromatic heterocycles. The second-order valence-electron chi connectivity index (χ2n) is 4.25. The Balaban J connectivity index is 2.22. The van der Waals surface area contributed by atoms with Gasteiger partial charge in [0.25, 0.3) is 11.5 Å². The van der Waals surface area contributed by atoms with Crippen LogP contribution in [-0.4, -0.2) is 15.5 Å². The molecular formula is C14H14BrN3O2. The first-order chi connectivity index (χ1) is 9.61. The number of rotatable bonds is 4. The van der Waals surface area contributed by atoms with E-state index in [9.17, 15) is 9.59 Å². The average Bonchev–Trinajstić information content (AvgIpc) is 2.43. The van der Waals surface area contributed by atoms with Crippen LogP contribution in [0.3, 0.4) is 0 Å². The van der Waals surface area contributed by atoms with Crippen LogP contribution in [0.25, 0.3) is 0 Å². The van der Waals surface area contributed by atoms with Crippen molar-refractivity contribution in [3.05, 3.63) is 57.2 Å². The molecule has 0 saturated heterocycles. The van der Waals surface area contributed by atoms with Crippen molar-refractivity contribution >= 4 is 27.5 Å². The van der Waals surface area contributed by atoms with Gasteiger partial charge in [-0.25, -0.2) is 4.98 Å². The molecule has 0 fully saturated rings. The van der Waals surface area contributed by atoms with Crippen molar-refractivity contribution in [1.82, 2.24) is 9.55 Å². The predicted octanol–water partition coefficient (Wildman–Crippen LogP) is 2.67. The summed E-state index contributed by atoms with van der Waals surface area (Å²) in [4.78, 5) is 27.7. The molecule has 0 radical (unpaired) electrons. The minimum Gasteiger partial charge on any atom is -0.321 e. The Hall–Kier alpha value is -1.95. The molecule has 0 spiro atoms. The summed E-state index contributed by atoms with van der Waals surface area (Å²) in [5, 5.41) is 2.76. The zero-order valence-corrected chi connectivity index (χ0v) is 12.6. The number of aromatic nitrogens is 2. The zero-order valence-electron chi connectivity index (χ0n) is 11.0. The molecule has 2 rings (SSSR count). The number of nitrogens with one attached hydrogen (secondary N) is 1. The standard InChI is InChI=1S/C14H14BrN3O2/c1-2-8-18-9-10(5-6-12(18)19)17-14(20)11-4-3-7-16-13(11)15/h3-7,9H,2,8H2,1H3,(H,17,20). The lowest BCUT2D eigenvalue weighted by atomic mass is 10.2.